The highest BCUT2D eigenvalue weighted by Gasteiger charge is 2.30. The molecule has 2 aliphatic heterocycles. The van der Waals surface area contributed by atoms with E-state index in [0.717, 1.165) is 55.6 Å². The third kappa shape index (κ3) is 6.73. The molecule has 34 heavy (non-hydrogen) atoms. The largest absolute Gasteiger partial charge is 0.496 e. The number of carbonyl (C=O) groups excluding carboxylic acids is 1. The fourth-order valence-electron chi connectivity index (χ4n) is 4.88. The fraction of sp³-hybridized carbons (Fsp3) is 0.500. The van der Waals surface area contributed by atoms with Gasteiger partial charge in [0.2, 0.25) is 5.91 Å². The van der Waals surface area contributed by atoms with Crippen molar-refractivity contribution in [3.8, 4) is 5.75 Å². The standard InChI is InChI=1S/C26H35N3O4S/c1-33-25-5-3-2-4-21(25)10-14-27-26(30)18-20-6-8-24(9-7-20)29-15-11-22(12-16-29)28-23-13-17-34(31,32)19-23/h2-9,22-23,28H,10-19H2,1H3,(H,27,30)/t23-/m0/s1. The fourth-order valence-corrected chi connectivity index (χ4v) is 6.57. The molecule has 0 saturated carbocycles. The number of carbonyl (C=O) groups is 1. The van der Waals surface area contributed by atoms with Crippen LogP contribution in [0.4, 0.5) is 5.69 Å². The van der Waals surface area contributed by atoms with Crippen molar-refractivity contribution < 1.29 is 17.9 Å². The van der Waals surface area contributed by atoms with Crippen LogP contribution in [-0.4, -0.2) is 64.7 Å². The van der Waals surface area contributed by atoms with Crippen LogP contribution < -0.4 is 20.3 Å². The van der Waals surface area contributed by atoms with Crippen molar-refractivity contribution in [2.75, 3.05) is 43.1 Å². The van der Waals surface area contributed by atoms with Crippen molar-refractivity contribution in [3.63, 3.8) is 0 Å². The van der Waals surface area contributed by atoms with Gasteiger partial charge in [-0.3, -0.25) is 4.79 Å². The summed E-state index contributed by atoms with van der Waals surface area (Å²) in [6.07, 6.45) is 3.84. The molecule has 0 spiro atoms. The summed E-state index contributed by atoms with van der Waals surface area (Å²) in [5, 5.41) is 6.55. The minimum atomic E-state index is -2.84. The molecule has 1 atom stereocenters. The maximum Gasteiger partial charge on any atom is 0.224 e. The molecule has 2 fully saturated rings. The van der Waals surface area contributed by atoms with Gasteiger partial charge >= 0.3 is 0 Å². The van der Waals surface area contributed by atoms with Crippen LogP contribution in [0.3, 0.4) is 0 Å². The molecule has 2 aliphatic rings. The van der Waals surface area contributed by atoms with Crippen LogP contribution in [0.25, 0.3) is 0 Å². The number of para-hydroxylation sites is 1. The second kappa shape index (κ2) is 11.2. The van der Waals surface area contributed by atoms with E-state index in [9.17, 15) is 13.2 Å². The van der Waals surface area contributed by atoms with E-state index in [-0.39, 0.29) is 17.7 Å². The second-order valence-electron chi connectivity index (χ2n) is 9.28. The number of rotatable bonds is 9. The zero-order valence-electron chi connectivity index (χ0n) is 19.8. The van der Waals surface area contributed by atoms with Gasteiger partial charge in [-0.15, -0.1) is 0 Å². The summed E-state index contributed by atoms with van der Waals surface area (Å²) in [6.45, 7) is 2.47. The smallest absolute Gasteiger partial charge is 0.224 e. The topological polar surface area (TPSA) is 87.7 Å². The first-order valence-electron chi connectivity index (χ1n) is 12.1. The zero-order chi connectivity index (χ0) is 24.0. The van der Waals surface area contributed by atoms with Crippen LogP contribution in [0.1, 0.15) is 30.4 Å². The summed E-state index contributed by atoms with van der Waals surface area (Å²) >= 11 is 0. The number of sulfone groups is 1. The molecule has 2 aromatic rings. The molecule has 2 saturated heterocycles. The van der Waals surface area contributed by atoms with Crippen molar-refractivity contribution in [1.29, 1.82) is 0 Å². The average Bonchev–Trinajstić information content (AvgIpc) is 3.18. The third-order valence-corrected chi connectivity index (χ3v) is 8.54. The number of ether oxygens (including phenoxy) is 1. The molecule has 2 N–H and O–H groups in total. The van der Waals surface area contributed by atoms with E-state index >= 15 is 0 Å². The number of benzene rings is 2. The number of hydrogen-bond acceptors (Lipinski definition) is 6. The maximum absolute atomic E-state index is 12.4. The van der Waals surface area contributed by atoms with Gasteiger partial charge in [-0.2, -0.15) is 0 Å². The first-order valence-corrected chi connectivity index (χ1v) is 13.9. The molecule has 2 aromatic carbocycles. The lowest BCUT2D eigenvalue weighted by Crippen LogP contribution is -2.46. The Labute approximate surface area is 202 Å². The number of hydrogen-bond donors (Lipinski definition) is 2. The zero-order valence-corrected chi connectivity index (χ0v) is 20.6. The molecule has 2 heterocycles. The molecular weight excluding hydrogens is 450 g/mol. The van der Waals surface area contributed by atoms with Crippen molar-refractivity contribution in [2.45, 2.75) is 44.2 Å². The van der Waals surface area contributed by atoms with E-state index in [1.165, 1.54) is 5.69 Å². The van der Waals surface area contributed by atoms with E-state index in [0.29, 0.717) is 24.8 Å². The van der Waals surface area contributed by atoms with Gasteiger partial charge < -0.3 is 20.3 Å². The van der Waals surface area contributed by atoms with Gasteiger partial charge in [0, 0.05) is 37.4 Å². The van der Waals surface area contributed by atoms with Crippen LogP contribution in [0.2, 0.25) is 0 Å². The van der Waals surface area contributed by atoms with Crippen molar-refractivity contribution in [2.24, 2.45) is 0 Å². The lowest BCUT2D eigenvalue weighted by atomic mass is 10.0. The number of anilines is 1. The number of nitrogens with one attached hydrogen (secondary N) is 2. The Morgan fingerprint density at radius 1 is 1.03 bits per heavy atom. The first-order chi connectivity index (χ1) is 16.4. The van der Waals surface area contributed by atoms with Crippen molar-refractivity contribution in [1.82, 2.24) is 10.6 Å². The van der Waals surface area contributed by atoms with Gasteiger partial charge in [-0.25, -0.2) is 8.42 Å². The molecule has 0 aromatic heterocycles. The quantitative estimate of drug-likeness (QED) is 0.567. The summed E-state index contributed by atoms with van der Waals surface area (Å²) in [4.78, 5) is 14.7. The third-order valence-electron chi connectivity index (χ3n) is 6.77. The summed E-state index contributed by atoms with van der Waals surface area (Å²) < 4.78 is 28.7. The van der Waals surface area contributed by atoms with E-state index in [1.807, 2.05) is 36.4 Å². The highest BCUT2D eigenvalue weighted by atomic mass is 32.2. The van der Waals surface area contributed by atoms with Gasteiger partial charge in [0.15, 0.2) is 9.84 Å². The van der Waals surface area contributed by atoms with Gasteiger partial charge in [-0.1, -0.05) is 30.3 Å². The minimum absolute atomic E-state index is 0.0171. The Kier molecular flexibility index (Phi) is 8.11. The molecule has 0 bridgehead atoms. The summed E-state index contributed by atoms with van der Waals surface area (Å²) in [6, 6.07) is 16.6. The summed E-state index contributed by atoms with van der Waals surface area (Å²) in [7, 11) is -1.18. The lowest BCUT2D eigenvalue weighted by molar-refractivity contribution is -0.120. The highest BCUT2D eigenvalue weighted by Crippen LogP contribution is 2.22. The Balaban J connectivity index is 1.18. The van der Waals surface area contributed by atoms with E-state index in [2.05, 4.69) is 27.7 Å². The van der Waals surface area contributed by atoms with Crippen LogP contribution in [-0.2, 0) is 27.5 Å². The predicted octanol–water partition coefficient (Wildman–Crippen LogP) is 2.34. The van der Waals surface area contributed by atoms with Crippen LogP contribution in [0, 0.1) is 0 Å². The SMILES string of the molecule is COc1ccccc1CCNC(=O)Cc1ccc(N2CCC(N[C@H]3CCS(=O)(=O)C3)CC2)cc1. The van der Waals surface area contributed by atoms with Gasteiger partial charge in [0.05, 0.1) is 25.0 Å². The van der Waals surface area contributed by atoms with Crippen LogP contribution in [0.5, 0.6) is 5.75 Å². The summed E-state index contributed by atoms with van der Waals surface area (Å²) in [5.41, 5.74) is 3.25. The lowest BCUT2D eigenvalue weighted by Gasteiger charge is -2.35. The molecule has 7 nitrogen and oxygen atoms in total. The molecular formula is C26H35N3O4S. The van der Waals surface area contributed by atoms with Crippen LogP contribution >= 0.6 is 0 Å². The Bertz CT molecular complexity index is 1060. The number of nitrogens with zero attached hydrogens (tertiary/aromatic N) is 1. The van der Waals surface area contributed by atoms with Crippen LogP contribution in [0.15, 0.2) is 48.5 Å². The molecule has 0 unspecified atom stereocenters. The number of methoxy groups -OCH3 is 1. The Morgan fingerprint density at radius 2 is 1.76 bits per heavy atom. The molecule has 0 radical (unpaired) electrons. The molecule has 1 amide bonds. The average molecular weight is 486 g/mol. The Morgan fingerprint density at radius 3 is 2.44 bits per heavy atom. The van der Waals surface area contributed by atoms with Crippen molar-refractivity contribution >= 4 is 21.4 Å². The monoisotopic (exact) mass is 485 g/mol. The minimum Gasteiger partial charge on any atom is -0.496 e. The second-order valence-corrected chi connectivity index (χ2v) is 11.5. The summed E-state index contributed by atoms with van der Waals surface area (Å²) in [5.74, 6) is 1.46. The van der Waals surface area contributed by atoms with E-state index in [1.54, 1.807) is 7.11 Å². The van der Waals surface area contributed by atoms with Crippen molar-refractivity contribution in [3.05, 3.63) is 59.7 Å². The molecule has 4 rings (SSSR count). The molecule has 8 heteroatoms. The molecule has 184 valence electrons. The number of amides is 1. The Hall–Kier alpha value is -2.58. The normalized spacial score (nSPS) is 20.3. The first kappa shape index (κ1) is 24.5. The predicted molar refractivity (Wildman–Crippen MR) is 135 cm³/mol. The van der Waals surface area contributed by atoms with Gasteiger partial charge in [-0.05, 0) is 55.0 Å². The highest BCUT2D eigenvalue weighted by molar-refractivity contribution is 7.91. The molecule has 0 aliphatic carbocycles. The van der Waals surface area contributed by atoms with Gasteiger partial charge in [0.25, 0.3) is 0 Å². The maximum atomic E-state index is 12.4. The van der Waals surface area contributed by atoms with E-state index < -0.39 is 9.84 Å². The number of piperidine rings is 1. The van der Waals surface area contributed by atoms with E-state index in [4.69, 9.17) is 4.74 Å². The van der Waals surface area contributed by atoms with Gasteiger partial charge in [0.1, 0.15) is 5.75 Å².